The van der Waals surface area contributed by atoms with Crippen molar-refractivity contribution in [2.75, 3.05) is 14.2 Å². The van der Waals surface area contributed by atoms with Gasteiger partial charge in [0.25, 0.3) is 15.9 Å². The third-order valence-electron chi connectivity index (χ3n) is 4.45. The van der Waals surface area contributed by atoms with Crippen LogP contribution in [0.1, 0.15) is 21.6 Å². The van der Waals surface area contributed by atoms with Gasteiger partial charge >= 0.3 is 0 Å². The average Bonchev–Trinajstić information content (AvgIpc) is 2.81. The van der Waals surface area contributed by atoms with Crippen LogP contribution in [0.25, 0.3) is 0 Å². The van der Waals surface area contributed by atoms with Crippen LogP contribution in [-0.2, 0) is 28.0 Å². The Hall–Kier alpha value is -3.27. The fourth-order valence-corrected chi connectivity index (χ4v) is 3.73. The molecule has 1 amide bonds. The van der Waals surface area contributed by atoms with Gasteiger partial charge in [-0.25, -0.2) is 8.42 Å². The SMILES string of the molecule is CON(C)S(=O)(=O)c1cccc(C(=O)NCc2cccc(OCc3ccccn3)c2)c1. The molecule has 0 radical (unpaired) electrons. The van der Waals surface area contributed by atoms with Crippen LogP contribution in [0.5, 0.6) is 5.75 Å². The summed E-state index contributed by atoms with van der Waals surface area (Å²) in [5.41, 5.74) is 1.89. The summed E-state index contributed by atoms with van der Waals surface area (Å²) >= 11 is 0. The van der Waals surface area contributed by atoms with E-state index < -0.39 is 15.9 Å². The van der Waals surface area contributed by atoms with E-state index in [4.69, 9.17) is 9.57 Å². The van der Waals surface area contributed by atoms with Crippen LogP contribution >= 0.6 is 0 Å². The maximum atomic E-state index is 12.5. The van der Waals surface area contributed by atoms with Crippen LogP contribution in [0.2, 0.25) is 0 Å². The molecule has 3 aromatic rings. The molecule has 0 saturated heterocycles. The first kappa shape index (κ1) is 22.4. The maximum Gasteiger partial charge on any atom is 0.264 e. The van der Waals surface area contributed by atoms with Gasteiger partial charge in [-0.1, -0.05) is 28.7 Å². The zero-order valence-electron chi connectivity index (χ0n) is 17.2. The molecule has 0 aliphatic rings. The molecule has 0 spiro atoms. The fraction of sp³-hybridized carbons (Fsp3) is 0.182. The Morgan fingerprint density at radius 3 is 2.61 bits per heavy atom. The topological polar surface area (TPSA) is 97.8 Å². The highest BCUT2D eigenvalue weighted by Gasteiger charge is 2.21. The van der Waals surface area contributed by atoms with Crippen molar-refractivity contribution >= 4 is 15.9 Å². The van der Waals surface area contributed by atoms with E-state index in [9.17, 15) is 13.2 Å². The number of pyridine rings is 1. The number of carbonyl (C=O) groups is 1. The van der Waals surface area contributed by atoms with Gasteiger partial charge in [0.05, 0.1) is 17.7 Å². The van der Waals surface area contributed by atoms with Crippen LogP contribution in [0.4, 0.5) is 0 Å². The molecule has 8 nitrogen and oxygen atoms in total. The summed E-state index contributed by atoms with van der Waals surface area (Å²) in [6.07, 6.45) is 1.71. The number of hydroxylamine groups is 1. The fourth-order valence-electron chi connectivity index (χ4n) is 2.71. The summed E-state index contributed by atoms with van der Waals surface area (Å²) in [5, 5.41) is 2.79. The molecule has 0 aliphatic heterocycles. The molecular formula is C22H23N3O5S. The molecule has 1 N–H and O–H groups in total. The van der Waals surface area contributed by atoms with E-state index in [2.05, 4.69) is 10.3 Å². The number of carbonyl (C=O) groups excluding carboxylic acids is 1. The number of ether oxygens (including phenoxy) is 1. The van der Waals surface area contributed by atoms with Crippen molar-refractivity contribution in [2.24, 2.45) is 0 Å². The second-order valence-corrected chi connectivity index (χ2v) is 8.50. The Labute approximate surface area is 181 Å². The minimum absolute atomic E-state index is 0.0329. The molecule has 3 rings (SSSR count). The molecule has 0 unspecified atom stereocenters. The molecule has 0 aliphatic carbocycles. The molecular weight excluding hydrogens is 418 g/mol. The van der Waals surface area contributed by atoms with Gasteiger partial charge in [-0.3, -0.25) is 14.6 Å². The average molecular weight is 442 g/mol. The molecule has 162 valence electrons. The summed E-state index contributed by atoms with van der Waals surface area (Å²) in [4.78, 5) is 21.5. The number of nitrogens with zero attached hydrogens (tertiary/aromatic N) is 2. The zero-order valence-corrected chi connectivity index (χ0v) is 18.0. The second kappa shape index (κ2) is 10.2. The van der Waals surface area contributed by atoms with Crippen LogP contribution in [-0.4, -0.2) is 37.9 Å². The Balaban J connectivity index is 1.63. The lowest BCUT2D eigenvalue weighted by atomic mass is 10.2. The van der Waals surface area contributed by atoms with E-state index in [-0.39, 0.29) is 17.0 Å². The predicted molar refractivity (Wildman–Crippen MR) is 115 cm³/mol. The molecule has 2 aromatic carbocycles. The summed E-state index contributed by atoms with van der Waals surface area (Å²) in [5.74, 6) is 0.269. The van der Waals surface area contributed by atoms with Crippen molar-refractivity contribution < 1.29 is 22.8 Å². The van der Waals surface area contributed by atoms with Crippen molar-refractivity contribution in [1.29, 1.82) is 0 Å². The first-order chi connectivity index (χ1) is 14.9. The number of nitrogens with one attached hydrogen (secondary N) is 1. The van der Waals surface area contributed by atoms with Crippen LogP contribution in [0.3, 0.4) is 0 Å². The van der Waals surface area contributed by atoms with Crippen molar-refractivity contribution in [2.45, 2.75) is 18.0 Å². The van der Waals surface area contributed by atoms with Gasteiger partial charge in [0.2, 0.25) is 0 Å². The number of rotatable bonds is 9. The van der Waals surface area contributed by atoms with Crippen molar-refractivity contribution in [1.82, 2.24) is 14.8 Å². The summed E-state index contributed by atoms with van der Waals surface area (Å²) in [6, 6.07) is 18.8. The number of benzene rings is 2. The van der Waals surface area contributed by atoms with Gasteiger partial charge in [-0.15, -0.1) is 0 Å². The summed E-state index contributed by atoms with van der Waals surface area (Å²) in [7, 11) is -1.30. The summed E-state index contributed by atoms with van der Waals surface area (Å²) < 4.78 is 31.2. The van der Waals surface area contributed by atoms with E-state index in [1.165, 1.54) is 32.4 Å². The van der Waals surface area contributed by atoms with E-state index in [0.29, 0.717) is 12.4 Å². The van der Waals surface area contributed by atoms with E-state index in [1.807, 2.05) is 42.5 Å². The molecule has 1 heterocycles. The largest absolute Gasteiger partial charge is 0.487 e. The minimum Gasteiger partial charge on any atom is -0.487 e. The Morgan fingerprint density at radius 1 is 1.06 bits per heavy atom. The molecule has 0 bridgehead atoms. The van der Waals surface area contributed by atoms with Crippen molar-refractivity contribution in [3.8, 4) is 5.75 Å². The van der Waals surface area contributed by atoms with Gasteiger partial charge in [-0.05, 0) is 48.0 Å². The number of aromatic nitrogens is 1. The smallest absolute Gasteiger partial charge is 0.264 e. The van der Waals surface area contributed by atoms with Crippen molar-refractivity contribution in [3.63, 3.8) is 0 Å². The number of sulfonamides is 1. The molecule has 0 fully saturated rings. The lowest BCUT2D eigenvalue weighted by Crippen LogP contribution is -2.27. The normalized spacial score (nSPS) is 11.3. The van der Waals surface area contributed by atoms with Gasteiger partial charge in [0.15, 0.2) is 0 Å². The predicted octanol–water partition coefficient (Wildman–Crippen LogP) is 2.77. The highest BCUT2D eigenvalue weighted by molar-refractivity contribution is 7.89. The Bertz CT molecular complexity index is 1140. The lowest BCUT2D eigenvalue weighted by Gasteiger charge is -2.14. The Kier molecular flexibility index (Phi) is 7.35. The molecule has 0 saturated carbocycles. The number of amides is 1. The molecule has 9 heteroatoms. The van der Waals surface area contributed by atoms with Crippen molar-refractivity contribution in [3.05, 3.63) is 89.7 Å². The van der Waals surface area contributed by atoms with Crippen LogP contribution in [0.15, 0.2) is 77.8 Å². The van der Waals surface area contributed by atoms with Crippen LogP contribution < -0.4 is 10.1 Å². The minimum atomic E-state index is -3.84. The van der Waals surface area contributed by atoms with E-state index in [1.54, 1.807) is 12.3 Å². The van der Waals surface area contributed by atoms with E-state index in [0.717, 1.165) is 15.7 Å². The number of hydrogen-bond acceptors (Lipinski definition) is 6. The third-order valence-corrected chi connectivity index (χ3v) is 6.13. The Morgan fingerprint density at radius 2 is 1.87 bits per heavy atom. The van der Waals surface area contributed by atoms with Gasteiger partial charge < -0.3 is 10.1 Å². The lowest BCUT2D eigenvalue weighted by molar-refractivity contribution is -0.0258. The highest BCUT2D eigenvalue weighted by Crippen LogP contribution is 2.17. The molecule has 31 heavy (non-hydrogen) atoms. The van der Waals surface area contributed by atoms with Crippen LogP contribution in [0, 0.1) is 0 Å². The monoisotopic (exact) mass is 441 g/mol. The summed E-state index contributed by atoms with van der Waals surface area (Å²) in [6.45, 7) is 0.600. The zero-order chi connectivity index (χ0) is 22.3. The van der Waals surface area contributed by atoms with E-state index >= 15 is 0 Å². The first-order valence-corrected chi connectivity index (χ1v) is 10.9. The third kappa shape index (κ3) is 5.88. The maximum absolute atomic E-state index is 12.5. The van der Waals surface area contributed by atoms with Gasteiger partial charge in [-0.2, -0.15) is 0 Å². The van der Waals surface area contributed by atoms with Gasteiger partial charge in [0.1, 0.15) is 12.4 Å². The standard InChI is InChI=1S/C22H23N3O5S/c1-25(29-2)31(27,28)21-11-6-8-18(14-21)22(26)24-15-17-7-5-10-20(13-17)30-16-19-9-3-4-12-23-19/h3-14H,15-16H2,1-2H3,(H,24,26). The number of hydrogen-bond donors (Lipinski definition) is 1. The molecule has 0 atom stereocenters. The highest BCUT2D eigenvalue weighted by atomic mass is 32.2. The first-order valence-electron chi connectivity index (χ1n) is 9.43. The quantitative estimate of drug-likeness (QED) is 0.513. The van der Waals surface area contributed by atoms with Gasteiger partial charge in [0, 0.05) is 25.4 Å². The second-order valence-electron chi connectivity index (χ2n) is 6.56. The molecule has 1 aromatic heterocycles.